The van der Waals surface area contributed by atoms with Crippen molar-refractivity contribution in [2.75, 3.05) is 0 Å². The molecule has 0 unspecified atom stereocenters. The van der Waals surface area contributed by atoms with E-state index in [0.717, 1.165) is 0 Å². The molecule has 0 aromatic heterocycles. The Morgan fingerprint density at radius 1 is 0.571 bits per heavy atom. The van der Waals surface area contributed by atoms with Gasteiger partial charge >= 0.3 is 32.9 Å². The maximum absolute atomic E-state index is 11.3. The Hall–Kier alpha value is -2.94. The van der Waals surface area contributed by atoms with E-state index in [9.17, 15) is 19.2 Å². The van der Waals surface area contributed by atoms with Crippen molar-refractivity contribution in [1.82, 2.24) is 0 Å². The summed E-state index contributed by atoms with van der Waals surface area (Å²) in [6, 6.07) is 0. The highest BCUT2D eigenvalue weighted by molar-refractivity contribution is 6.61. The molecule has 8 nitrogen and oxygen atoms in total. The van der Waals surface area contributed by atoms with Crippen molar-refractivity contribution >= 4 is 32.9 Å². The minimum Gasteiger partial charge on any atom is -0.419 e. The van der Waals surface area contributed by atoms with Gasteiger partial charge in [0.05, 0.1) is 0 Å². The van der Waals surface area contributed by atoms with E-state index in [4.69, 9.17) is 0 Å². The molecule has 112 valence electrons. The average Bonchev–Trinajstić information content (AvgIpc) is 2.46. The van der Waals surface area contributed by atoms with Crippen LogP contribution in [0.5, 0.6) is 0 Å². The Morgan fingerprint density at radius 2 is 0.762 bits per heavy atom. The van der Waals surface area contributed by atoms with E-state index in [1.54, 1.807) is 0 Å². The fourth-order valence-corrected chi connectivity index (χ4v) is 2.35. The van der Waals surface area contributed by atoms with Crippen molar-refractivity contribution in [1.29, 1.82) is 0 Å². The molecule has 0 aliphatic heterocycles. The Kier molecular flexibility index (Phi) is 7.11. The molecule has 0 aromatic rings. The zero-order valence-electron chi connectivity index (χ0n) is 10.9. The first kappa shape index (κ1) is 18.1. The molecule has 0 aromatic carbocycles. The summed E-state index contributed by atoms with van der Waals surface area (Å²) < 4.78 is 18.5. The first-order valence-electron chi connectivity index (χ1n) is 5.24. The number of carbonyl (C=O) groups is 4. The van der Waals surface area contributed by atoms with Crippen LogP contribution in [0.1, 0.15) is 0 Å². The molecule has 9 heteroatoms. The van der Waals surface area contributed by atoms with E-state index in [2.05, 4.69) is 44.0 Å². The third-order valence-electron chi connectivity index (χ3n) is 1.57. The molecular formula is C12H12O8Si. The lowest BCUT2D eigenvalue weighted by atomic mass is 10.7. The van der Waals surface area contributed by atoms with Gasteiger partial charge in [0, 0.05) is 24.3 Å². The Labute approximate surface area is 121 Å². The zero-order chi connectivity index (χ0) is 16.5. The molecule has 0 spiro atoms. The summed E-state index contributed by atoms with van der Waals surface area (Å²) in [5, 5.41) is 0. The van der Waals surface area contributed by atoms with Crippen molar-refractivity contribution in [2.45, 2.75) is 0 Å². The van der Waals surface area contributed by atoms with E-state index in [1.165, 1.54) is 0 Å². The maximum Gasteiger partial charge on any atom is 0.975 e. The molecule has 21 heavy (non-hydrogen) atoms. The van der Waals surface area contributed by atoms with E-state index >= 15 is 0 Å². The van der Waals surface area contributed by atoms with Gasteiger partial charge < -0.3 is 17.7 Å². The number of hydrogen-bond donors (Lipinski definition) is 0. The van der Waals surface area contributed by atoms with E-state index in [-0.39, 0.29) is 0 Å². The molecule has 0 rings (SSSR count). The quantitative estimate of drug-likeness (QED) is 0.466. The smallest absolute Gasteiger partial charge is 0.419 e. The lowest BCUT2D eigenvalue weighted by molar-refractivity contribution is -0.156. The molecule has 0 saturated heterocycles. The molecule has 0 aliphatic rings. The monoisotopic (exact) mass is 312 g/mol. The third-order valence-corrected chi connectivity index (χ3v) is 3.37. The summed E-state index contributed by atoms with van der Waals surface area (Å²) in [7, 11) is -4.81. The predicted molar refractivity (Wildman–Crippen MR) is 70.9 cm³/mol. The normalized spacial score (nSPS) is 9.52. The lowest BCUT2D eigenvalue weighted by Gasteiger charge is -2.22. The molecule has 0 aliphatic carbocycles. The van der Waals surface area contributed by atoms with Crippen LogP contribution in [0, 0.1) is 0 Å². The van der Waals surface area contributed by atoms with Crippen LogP contribution in [0.25, 0.3) is 0 Å². The largest absolute Gasteiger partial charge is 0.975 e. The molecule has 0 amide bonds. The van der Waals surface area contributed by atoms with Gasteiger partial charge in [0.2, 0.25) is 0 Å². The van der Waals surface area contributed by atoms with E-state index in [1.807, 2.05) is 0 Å². The third kappa shape index (κ3) is 6.16. The topological polar surface area (TPSA) is 105 Å². The summed E-state index contributed by atoms with van der Waals surface area (Å²) in [6.45, 7) is 12.4. The van der Waals surface area contributed by atoms with Gasteiger partial charge in [-0.15, -0.1) is 0 Å². The Morgan fingerprint density at radius 3 is 0.905 bits per heavy atom. The van der Waals surface area contributed by atoms with Crippen molar-refractivity contribution in [3.8, 4) is 0 Å². The van der Waals surface area contributed by atoms with Gasteiger partial charge in [-0.25, -0.2) is 19.2 Å². The van der Waals surface area contributed by atoms with Crippen molar-refractivity contribution < 1.29 is 36.9 Å². The first-order chi connectivity index (χ1) is 9.82. The van der Waals surface area contributed by atoms with Crippen LogP contribution in [-0.4, -0.2) is 32.9 Å². The molecular weight excluding hydrogens is 300 g/mol. The second-order valence-electron chi connectivity index (χ2n) is 3.00. The van der Waals surface area contributed by atoms with Crippen LogP contribution in [0.4, 0.5) is 0 Å². The first-order valence-corrected chi connectivity index (χ1v) is 6.87. The van der Waals surface area contributed by atoms with Gasteiger partial charge in [-0.2, -0.15) is 0 Å². The fourth-order valence-electron chi connectivity index (χ4n) is 0.784. The van der Waals surface area contributed by atoms with Gasteiger partial charge in [-0.05, 0) is 0 Å². The standard InChI is InChI=1S/C12H12O8Si/c1-5-9(13)17-21(18-10(14)6-2,19-11(15)7-3)20-12(16)8-4/h5-8H,1-4H2. The predicted octanol–water partition coefficient (Wildman–Crippen LogP) is 0.339. The van der Waals surface area contributed by atoms with Gasteiger partial charge in [-0.1, -0.05) is 26.3 Å². The van der Waals surface area contributed by atoms with E-state index in [0.29, 0.717) is 24.3 Å². The highest BCUT2D eigenvalue weighted by Crippen LogP contribution is 2.15. The number of hydrogen-bond acceptors (Lipinski definition) is 8. The van der Waals surface area contributed by atoms with Crippen LogP contribution in [-0.2, 0) is 36.9 Å². The minimum atomic E-state index is -4.81. The molecule has 0 fully saturated rings. The maximum atomic E-state index is 11.3. The fraction of sp³-hybridized carbons (Fsp3) is 0. The SMILES string of the molecule is C=CC(=O)O[Si](OC(=O)C=C)(OC(=O)C=C)OC(=O)C=C. The van der Waals surface area contributed by atoms with Gasteiger partial charge in [0.25, 0.3) is 0 Å². The van der Waals surface area contributed by atoms with Crippen LogP contribution < -0.4 is 0 Å². The highest BCUT2D eigenvalue weighted by Gasteiger charge is 2.62. The number of rotatable bonds is 8. The van der Waals surface area contributed by atoms with Crippen molar-refractivity contribution in [3.05, 3.63) is 50.6 Å². The lowest BCUT2D eigenvalue weighted by Crippen LogP contribution is -2.53. The summed E-state index contributed by atoms with van der Waals surface area (Å²) in [5.74, 6) is -4.58. The van der Waals surface area contributed by atoms with Crippen LogP contribution in [0.3, 0.4) is 0 Å². The molecule has 0 atom stereocenters. The number of carbonyl (C=O) groups excluding carboxylic acids is 4. The molecule has 0 saturated carbocycles. The summed E-state index contributed by atoms with van der Waals surface area (Å²) in [6.07, 6.45) is 2.75. The van der Waals surface area contributed by atoms with Gasteiger partial charge in [0.1, 0.15) is 0 Å². The van der Waals surface area contributed by atoms with Crippen LogP contribution in [0.15, 0.2) is 50.6 Å². The summed E-state index contributed by atoms with van der Waals surface area (Å²) >= 11 is 0. The van der Waals surface area contributed by atoms with Crippen molar-refractivity contribution in [3.63, 3.8) is 0 Å². The van der Waals surface area contributed by atoms with Crippen molar-refractivity contribution in [2.24, 2.45) is 0 Å². The van der Waals surface area contributed by atoms with Gasteiger partial charge in [-0.3, -0.25) is 0 Å². The highest BCUT2D eigenvalue weighted by atomic mass is 28.4. The Balaban J connectivity index is 5.63. The average molecular weight is 312 g/mol. The Bertz CT molecular complexity index is 414. The zero-order valence-corrected chi connectivity index (χ0v) is 11.9. The molecule has 0 N–H and O–H groups in total. The summed E-state index contributed by atoms with van der Waals surface area (Å²) in [5.41, 5.74) is 0. The van der Waals surface area contributed by atoms with Crippen LogP contribution >= 0.6 is 0 Å². The molecule has 0 heterocycles. The second-order valence-corrected chi connectivity index (χ2v) is 4.82. The molecule has 0 radical (unpaired) electrons. The second kappa shape index (κ2) is 8.27. The summed E-state index contributed by atoms with van der Waals surface area (Å²) in [4.78, 5) is 45.1. The minimum absolute atomic E-state index is 0.687. The van der Waals surface area contributed by atoms with E-state index < -0.39 is 32.9 Å². The van der Waals surface area contributed by atoms with Crippen LogP contribution in [0.2, 0.25) is 0 Å². The van der Waals surface area contributed by atoms with Gasteiger partial charge in [0.15, 0.2) is 0 Å². The molecule has 0 bridgehead atoms.